The van der Waals surface area contributed by atoms with Crippen LogP contribution in [-0.2, 0) is 6.42 Å². The smallest absolute Gasteiger partial charge is 0.0522 e. The average Bonchev–Trinajstić information content (AvgIpc) is 2.97. The Morgan fingerprint density at radius 2 is 1.43 bits per heavy atom. The molecular formula is C38H40N2. The third kappa shape index (κ3) is 5.11. The van der Waals surface area contributed by atoms with Gasteiger partial charge in [-0.15, -0.1) is 0 Å². The molecule has 0 bridgehead atoms. The van der Waals surface area contributed by atoms with Crippen molar-refractivity contribution in [3.8, 4) is 11.1 Å². The van der Waals surface area contributed by atoms with Crippen molar-refractivity contribution in [2.24, 2.45) is 0 Å². The van der Waals surface area contributed by atoms with E-state index in [9.17, 15) is 0 Å². The molecule has 0 amide bonds. The summed E-state index contributed by atoms with van der Waals surface area (Å²) in [5.74, 6) is 0.883. The number of hydrogen-bond acceptors (Lipinski definition) is 2. The van der Waals surface area contributed by atoms with Gasteiger partial charge in [0.25, 0.3) is 0 Å². The quantitative estimate of drug-likeness (QED) is 0.221. The Kier molecular flexibility index (Phi) is 7.34. The zero-order valence-electron chi connectivity index (χ0n) is 24.2. The van der Waals surface area contributed by atoms with Crippen LogP contribution in [0.25, 0.3) is 21.9 Å². The summed E-state index contributed by atoms with van der Waals surface area (Å²) < 4.78 is 0. The van der Waals surface area contributed by atoms with E-state index >= 15 is 0 Å². The van der Waals surface area contributed by atoms with E-state index in [0.717, 1.165) is 18.5 Å². The molecule has 1 aliphatic carbocycles. The highest BCUT2D eigenvalue weighted by molar-refractivity contribution is 5.98. The number of aryl methyl sites for hydroxylation is 1. The van der Waals surface area contributed by atoms with E-state index in [1.54, 1.807) is 0 Å². The zero-order chi connectivity index (χ0) is 27.6. The van der Waals surface area contributed by atoms with Crippen molar-refractivity contribution in [3.05, 3.63) is 125 Å². The van der Waals surface area contributed by atoms with Gasteiger partial charge in [-0.2, -0.15) is 0 Å². The van der Waals surface area contributed by atoms with Crippen LogP contribution in [0.5, 0.6) is 0 Å². The molecule has 5 aromatic rings. The summed E-state index contributed by atoms with van der Waals surface area (Å²) in [6, 6.07) is 38.2. The monoisotopic (exact) mass is 524 g/mol. The first kappa shape index (κ1) is 26.2. The molecule has 1 aliphatic rings. The number of hydrogen-bond donors (Lipinski definition) is 2. The number of rotatable bonds is 7. The van der Waals surface area contributed by atoms with E-state index in [2.05, 4.69) is 141 Å². The predicted octanol–water partition coefficient (Wildman–Crippen LogP) is 11.0. The SMILES string of the molecule is CC(C)c1cccc(C(C)C)c1Nc1cccc2ccc(-c3cccc4c3C(Nc3ccccc3)CCC4)cc12. The van der Waals surface area contributed by atoms with Gasteiger partial charge in [-0.1, -0.05) is 107 Å². The third-order valence-corrected chi connectivity index (χ3v) is 8.42. The lowest BCUT2D eigenvalue weighted by molar-refractivity contribution is 0.602. The molecule has 0 saturated carbocycles. The van der Waals surface area contributed by atoms with Crippen LogP contribution in [0.15, 0.2) is 103 Å². The van der Waals surface area contributed by atoms with Gasteiger partial charge in [0.15, 0.2) is 0 Å². The van der Waals surface area contributed by atoms with Crippen molar-refractivity contribution in [1.82, 2.24) is 0 Å². The Labute approximate surface area is 239 Å². The maximum atomic E-state index is 3.92. The van der Waals surface area contributed by atoms with Gasteiger partial charge < -0.3 is 10.6 Å². The van der Waals surface area contributed by atoms with Gasteiger partial charge in [0, 0.05) is 22.4 Å². The van der Waals surface area contributed by atoms with Gasteiger partial charge in [0.05, 0.1) is 6.04 Å². The van der Waals surface area contributed by atoms with E-state index in [4.69, 9.17) is 0 Å². The van der Waals surface area contributed by atoms with Crippen molar-refractivity contribution in [2.45, 2.75) is 64.8 Å². The van der Waals surface area contributed by atoms with Crippen molar-refractivity contribution in [1.29, 1.82) is 0 Å². The summed E-state index contributed by atoms with van der Waals surface area (Å²) in [7, 11) is 0. The number of para-hydroxylation sites is 2. The molecular weight excluding hydrogens is 484 g/mol. The van der Waals surface area contributed by atoms with Gasteiger partial charge in [-0.3, -0.25) is 0 Å². The molecule has 2 N–H and O–H groups in total. The van der Waals surface area contributed by atoms with Crippen LogP contribution in [0.1, 0.15) is 80.7 Å². The van der Waals surface area contributed by atoms with Crippen LogP contribution in [0.4, 0.5) is 17.1 Å². The highest BCUT2D eigenvalue weighted by Gasteiger charge is 2.24. The van der Waals surface area contributed by atoms with E-state index in [1.165, 1.54) is 61.9 Å². The standard InChI is InChI=1S/C38H40N2/c1-25(2)31-17-11-18-32(26(3)4)38(31)40-35-20-9-12-27-22-23-29(24-34(27)35)33-19-8-13-28-14-10-21-36(37(28)33)39-30-15-6-5-7-16-30/h5-9,11-13,15-20,22-26,36,39-40H,10,14,21H2,1-4H3. The summed E-state index contributed by atoms with van der Waals surface area (Å²) in [4.78, 5) is 0. The van der Waals surface area contributed by atoms with Crippen LogP contribution >= 0.6 is 0 Å². The molecule has 202 valence electrons. The summed E-state index contributed by atoms with van der Waals surface area (Å²) in [6.07, 6.45) is 3.49. The minimum absolute atomic E-state index is 0.304. The van der Waals surface area contributed by atoms with Crippen LogP contribution in [0.2, 0.25) is 0 Å². The molecule has 0 fully saturated rings. The van der Waals surface area contributed by atoms with Crippen molar-refractivity contribution in [3.63, 3.8) is 0 Å². The normalized spacial score (nSPS) is 14.9. The molecule has 0 aromatic heterocycles. The average molecular weight is 525 g/mol. The maximum absolute atomic E-state index is 3.92. The molecule has 0 saturated heterocycles. The molecule has 0 heterocycles. The molecule has 0 radical (unpaired) electrons. The number of nitrogens with one attached hydrogen (secondary N) is 2. The van der Waals surface area contributed by atoms with Gasteiger partial charge in [0.2, 0.25) is 0 Å². The summed E-state index contributed by atoms with van der Waals surface area (Å²) >= 11 is 0. The Morgan fingerprint density at radius 3 is 2.17 bits per heavy atom. The lowest BCUT2D eigenvalue weighted by Crippen LogP contribution is -2.18. The molecule has 2 heteroatoms. The highest BCUT2D eigenvalue weighted by Crippen LogP contribution is 2.41. The topological polar surface area (TPSA) is 24.1 Å². The van der Waals surface area contributed by atoms with Crippen molar-refractivity contribution >= 4 is 27.8 Å². The zero-order valence-corrected chi connectivity index (χ0v) is 24.2. The lowest BCUT2D eigenvalue weighted by Gasteiger charge is -2.30. The Bertz CT molecular complexity index is 1600. The molecule has 6 rings (SSSR count). The van der Waals surface area contributed by atoms with Gasteiger partial charge in [-0.25, -0.2) is 0 Å². The Morgan fingerprint density at radius 1 is 0.700 bits per heavy atom. The molecule has 40 heavy (non-hydrogen) atoms. The van der Waals surface area contributed by atoms with Gasteiger partial charge in [-0.05, 0) is 94.1 Å². The van der Waals surface area contributed by atoms with Crippen LogP contribution in [0, 0.1) is 0 Å². The molecule has 1 atom stereocenters. The highest BCUT2D eigenvalue weighted by atomic mass is 14.9. The van der Waals surface area contributed by atoms with Gasteiger partial charge >= 0.3 is 0 Å². The van der Waals surface area contributed by atoms with Gasteiger partial charge in [0.1, 0.15) is 0 Å². The molecule has 1 unspecified atom stereocenters. The second-order valence-corrected chi connectivity index (χ2v) is 11.8. The second-order valence-electron chi connectivity index (χ2n) is 11.8. The Balaban J connectivity index is 1.45. The molecule has 5 aromatic carbocycles. The minimum Gasteiger partial charge on any atom is -0.378 e. The lowest BCUT2D eigenvalue weighted by atomic mass is 9.82. The van der Waals surface area contributed by atoms with E-state index < -0.39 is 0 Å². The van der Waals surface area contributed by atoms with E-state index in [-0.39, 0.29) is 0 Å². The predicted molar refractivity (Wildman–Crippen MR) is 173 cm³/mol. The molecule has 2 nitrogen and oxygen atoms in total. The fourth-order valence-corrected chi connectivity index (χ4v) is 6.39. The molecule has 0 aliphatic heterocycles. The fourth-order valence-electron chi connectivity index (χ4n) is 6.39. The van der Waals surface area contributed by atoms with Crippen molar-refractivity contribution in [2.75, 3.05) is 10.6 Å². The van der Waals surface area contributed by atoms with E-state index in [0.29, 0.717) is 17.9 Å². The summed E-state index contributed by atoms with van der Waals surface area (Å²) in [6.45, 7) is 9.13. The number of fused-ring (bicyclic) bond motifs is 2. The first-order chi connectivity index (χ1) is 19.5. The maximum Gasteiger partial charge on any atom is 0.0522 e. The third-order valence-electron chi connectivity index (χ3n) is 8.42. The summed E-state index contributed by atoms with van der Waals surface area (Å²) in [5, 5.41) is 10.3. The van der Waals surface area contributed by atoms with Crippen molar-refractivity contribution < 1.29 is 0 Å². The van der Waals surface area contributed by atoms with Crippen LogP contribution in [0.3, 0.4) is 0 Å². The van der Waals surface area contributed by atoms with Crippen LogP contribution < -0.4 is 10.6 Å². The fraction of sp³-hybridized carbons (Fsp3) is 0.263. The summed E-state index contributed by atoms with van der Waals surface area (Å²) in [5.41, 5.74) is 11.9. The number of anilines is 3. The molecule has 0 spiro atoms. The van der Waals surface area contributed by atoms with Crippen LogP contribution in [-0.4, -0.2) is 0 Å². The number of benzene rings is 5. The largest absolute Gasteiger partial charge is 0.378 e. The second kappa shape index (κ2) is 11.2. The van der Waals surface area contributed by atoms with E-state index in [1.807, 2.05) is 0 Å². The first-order valence-electron chi connectivity index (χ1n) is 14.9. The first-order valence-corrected chi connectivity index (χ1v) is 14.9. The minimum atomic E-state index is 0.304. The Hall–Kier alpha value is -4.04.